The number of carbonyl (C=O) groups is 1. The first-order chi connectivity index (χ1) is 8.74. The van der Waals surface area contributed by atoms with E-state index in [1.54, 1.807) is 12.5 Å². The van der Waals surface area contributed by atoms with E-state index >= 15 is 0 Å². The molecule has 0 amide bonds. The summed E-state index contributed by atoms with van der Waals surface area (Å²) < 4.78 is 7.07. The zero-order chi connectivity index (χ0) is 13.0. The van der Waals surface area contributed by atoms with Crippen LogP contribution in [-0.4, -0.2) is 53.2 Å². The van der Waals surface area contributed by atoms with Crippen LogP contribution >= 0.6 is 0 Å². The lowest BCUT2D eigenvalue weighted by molar-refractivity contribution is -0.150. The van der Waals surface area contributed by atoms with E-state index < -0.39 is 0 Å². The van der Waals surface area contributed by atoms with E-state index in [0.717, 1.165) is 31.9 Å². The first kappa shape index (κ1) is 13.0. The maximum atomic E-state index is 12.2. The third-order valence-electron chi connectivity index (χ3n) is 3.16. The average molecular weight is 252 g/mol. The SMILES string of the molecule is CCOC(=O)C(c1cncn1C)N1CCNCC1. The summed E-state index contributed by atoms with van der Waals surface area (Å²) in [7, 11) is 1.90. The Bertz CT molecular complexity index is 399. The molecular weight excluding hydrogens is 232 g/mol. The normalized spacial score (nSPS) is 18.6. The molecule has 1 aromatic rings. The molecule has 100 valence electrons. The van der Waals surface area contributed by atoms with E-state index in [1.807, 2.05) is 18.5 Å². The van der Waals surface area contributed by atoms with Crippen molar-refractivity contribution in [3.8, 4) is 0 Å². The summed E-state index contributed by atoms with van der Waals surface area (Å²) in [6.45, 7) is 5.71. The minimum Gasteiger partial charge on any atom is -0.465 e. The van der Waals surface area contributed by atoms with E-state index in [1.165, 1.54) is 0 Å². The van der Waals surface area contributed by atoms with E-state index in [-0.39, 0.29) is 12.0 Å². The molecule has 1 N–H and O–H groups in total. The Morgan fingerprint density at radius 1 is 1.56 bits per heavy atom. The molecule has 18 heavy (non-hydrogen) atoms. The number of hydrogen-bond donors (Lipinski definition) is 1. The summed E-state index contributed by atoms with van der Waals surface area (Å²) in [6, 6.07) is -0.348. The number of imidazole rings is 1. The number of piperazine rings is 1. The molecule has 6 nitrogen and oxygen atoms in total. The fourth-order valence-electron chi connectivity index (χ4n) is 2.25. The first-order valence-electron chi connectivity index (χ1n) is 6.31. The van der Waals surface area contributed by atoms with Crippen LogP contribution in [0.2, 0.25) is 0 Å². The van der Waals surface area contributed by atoms with Crippen LogP contribution in [0.15, 0.2) is 12.5 Å². The van der Waals surface area contributed by atoms with Gasteiger partial charge in [0, 0.05) is 33.2 Å². The number of hydrogen-bond acceptors (Lipinski definition) is 5. The van der Waals surface area contributed by atoms with Gasteiger partial charge in [-0.05, 0) is 6.92 Å². The number of aryl methyl sites for hydroxylation is 1. The fraction of sp³-hybridized carbons (Fsp3) is 0.667. The van der Waals surface area contributed by atoms with Gasteiger partial charge in [0.2, 0.25) is 0 Å². The Morgan fingerprint density at radius 2 is 2.28 bits per heavy atom. The topological polar surface area (TPSA) is 59.4 Å². The molecule has 2 rings (SSSR count). The Balaban J connectivity index is 2.22. The van der Waals surface area contributed by atoms with Gasteiger partial charge in [-0.2, -0.15) is 0 Å². The zero-order valence-electron chi connectivity index (χ0n) is 10.9. The van der Waals surface area contributed by atoms with Crippen LogP contribution in [0.25, 0.3) is 0 Å². The van der Waals surface area contributed by atoms with Crippen molar-refractivity contribution < 1.29 is 9.53 Å². The van der Waals surface area contributed by atoms with Crippen molar-refractivity contribution in [2.45, 2.75) is 13.0 Å². The lowest BCUT2D eigenvalue weighted by atomic mass is 10.1. The minimum absolute atomic E-state index is 0.192. The van der Waals surface area contributed by atoms with Gasteiger partial charge >= 0.3 is 5.97 Å². The number of ether oxygens (including phenoxy) is 1. The summed E-state index contributed by atoms with van der Waals surface area (Å²) in [5.74, 6) is -0.192. The smallest absolute Gasteiger partial charge is 0.329 e. The highest BCUT2D eigenvalue weighted by atomic mass is 16.5. The first-order valence-corrected chi connectivity index (χ1v) is 6.31. The molecule has 1 aromatic heterocycles. The molecule has 1 atom stereocenters. The molecule has 0 spiro atoms. The highest BCUT2D eigenvalue weighted by Crippen LogP contribution is 2.22. The lowest BCUT2D eigenvalue weighted by Crippen LogP contribution is -2.47. The van der Waals surface area contributed by atoms with Crippen LogP contribution in [0.4, 0.5) is 0 Å². The van der Waals surface area contributed by atoms with Crippen molar-refractivity contribution >= 4 is 5.97 Å². The monoisotopic (exact) mass is 252 g/mol. The second-order valence-electron chi connectivity index (χ2n) is 4.37. The largest absolute Gasteiger partial charge is 0.465 e. The van der Waals surface area contributed by atoms with Crippen molar-refractivity contribution in [1.29, 1.82) is 0 Å². The predicted molar refractivity (Wildman–Crippen MR) is 67.0 cm³/mol. The van der Waals surface area contributed by atoms with Crippen LogP contribution in [0.1, 0.15) is 18.7 Å². The molecule has 1 unspecified atom stereocenters. The van der Waals surface area contributed by atoms with E-state index in [9.17, 15) is 4.79 Å². The van der Waals surface area contributed by atoms with Gasteiger partial charge in [0.1, 0.15) is 0 Å². The fourth-order valence-corrected chi connectivity index (χ4v) is 2.25. The standard InChI is InChI=1S/C12H20N4O2/c1-3-18-12(17)11(10-8-14-9-15(10)2)16-6-4-13-5-7-16/h8-9,11,13H,3-7H2,1-2H3. The summed E-state index contributed by atoms with van der Waals surface area (Å²) in [5.41, 5.74) is 0.885. The summed E-state index contributed by atoms with van der Waals surface area (Å²) >= 11 is 0. The van der Waals surface area contributed by atoms with Gasteiger partial charge in [-0.3, -0.25) is 4.90 Å². The van der Waals surface area contributed by atoms with E-state index in [4.69, 9.17) is 4.74 Å². The molecule has 1 aliphatic rings. The molecule has 0 aromatic carbocycles. The molecule has 6 heteroatoms. The average Bonchev–Trinajstić information content (AvgIpc) is 2.78. The predicted octanol–water partition coefficient (Wildman–Crippen LogP) is -0.0705. The van der Waals surface area contributed by atoms with Crippen LogP contribution < -0.4 is 5.32 Å². The van der Waals surface area contributed by atoms with Crippen molar-refractivity contribution in [3.05, 3.63) is 18.2 Å². The summed E-state index contributed by atoms with van der Waals surface area (Å²) in [5, 5.41) is 3.28. The van der Waals surface area contributed by atoms with Gasteiger partial charge in [0.15, 0.2) is 6.04 Å². The van der Waals surface area contributed by atoms with Crippen LogP contribution in [0.5, 0.6) is 0 Å². The van der Waals surface area contributed by atoms with Crippen LogP contribution in [0, 0.1) is 0 Å². The van der Waals surface area contributed by atoms with Crippen molar-refractivity contribution in [1.82, 2.24) is 19.8 Å². The lowest BCUT2D eigenvalue weighted by Gasteiger charge is -2.33. The Labute approximate surface area is 107 Å². The van der Waals surface area contributed by atoms with E-state index in [2.05, 4.69) is 15.2 Å². The van der Waals surface area contributed by atoms with Gasteiger partial charge in [-0.1, -0.05) is 0 Å². The zero-order valence-corrected chi connectivity index (χ0v) is 10.9. The molecule has 2 heterocycles. The molecule has 1 saturated heterocycles. The Morgan fingerprint density at radius 3 is 2.83 bits per heavy atom. The molecule has 1 fully saturated rings. The Hall–Kier alpha value is -1.40. The number of nitrogens with one attached hydrogen (secondary N) is 1. The van der Waals surface area contributed by atoms with Crippen LogP contribution in [0.3, 0.4) is 0 Å². The van der Waals surface area contributed by atoms with Gasteiger partial charge in [0.25, 0.3) is 0 Å². The third kappa shape index (κ3) is 2.70. The number of esters is 1. The van der Waals surface area contributed by atoms with Gasteiger partial charge in [0.05, 0.1) is 24.8 Å². The van der Waals surface area contributed by atoms with Crippen LogP contribution in [-0.2, 0) is 16.6 Å². The molecular formula is C12H20N4O2. The quantitative estimate of drug-likeness (QED) is 0.760. The second-order valence-corrected chi connectivity index (χ2v) is 4.37. The minimum atomic E-state index is -0.348. The molecule has 1 aliphatic heterocycles. The summed E-state index contributed by atoms with van der Waals surface area (Å²) in [4.78, 5) is 18.4. The van der Waals surface area contributed by atoms with Gasteiger partial charge in [-0.15, -0.1) is 0 Å². The highest BCUT2D eigenvalue weighted by Gasteiger charge is 2.31. The van der Waals surface area contributed by atoms with Gasteiger partial charge in [-0.25, -0.2) is 9.78 Å². The number of nitrogens with zero attached hydrogens (tertiary/aromatic N) is 3. The molecule has 0 radical (unpaired) electrons. The summed E-state index contributed by atoms with van der Waals surface area (Å²) in [6.07, 6.45) is 3.45. The molecule has 0 saturated carbocycles. The Kier molecular flexibility index (Phi) is 4.33. The van der Waals surface area contributed by atoms with Gasteiger partial charge < -0.3 is 14.6 Å². The van der Waals surface area contributed by atoms with Crippen molar-refractivity contribution in [2.75, 3.05) is 32.8 Å². The van der Waals surface area contributed by atoms with E-state index in [0.29, 0.717) is 6.61 Å². The second kappa shape index (κ2) is 5.97. The molecule has 0 bridgehead atoms. The third-order valence-corrected chi connectivity index (χ3v) is 3.16. The maximum Gasteiger partial charge on any atom is 0.329 e. The number of carbonyl (C=O) groups excluding carboxylic acids is 1. The molecule has 0 aliphatic carbocycles. The highest BCUT2D eigenvalue weighted by molar-refractivity contribution is 5.77. The number of aromatic nitrogens is 2. The van der Waals surface area contributed by atoms with Crippen molar-refractivity contribution in [3.63, 3.8) is 0 Å². The maximum absolute atomic E-state index is 12.2. The van der Waals surface area contributed by atoms with Crippen molar-refractivity contribution in [2.24, 2.45) is 7.05 Å². The number of rotatable bonds is 4.